The van der Waals surface area contributed by atoms with E-state index in [0.717, 1.165) is 21.9 Å². The van der Waals surface area contributed by atoms with E-state index in [9.17, 15) is 9.18 Å². The Labute approximate surface area is 149 Å². The molecule has 0 fully saturated rings. The summed E-state index contributed by atoms with van der Waals surface area (Å²) in [6.45, 7) is 0.0575. The van der Waals surface area contributed by atoms with E-state index in [2.05, 4.69) is 15.8 Å². The highest BCUT2D eigenvalue weighted by Crippen LogP contribution is 2.30. The van der Waals surface area contributed by atoms with Crippen molar-refractivity contribution in [3.05, 3.63) is 53.8 Å². The Hall–Kier alpha value is -2.54. The van der Waals surface area contributed by atoms with Gasteiger partial charge in [-0.2, -0.15) is 5.10 Å². The molecule has 7 heteroatoms. The molecule has 0 aromatic heterocycles. The van der Waals surface area contributed by atoms with Gasteiger partial charge in [-0.15, -0.1) is 11.8 Å². The minimum atomic E-state index is -0.307. The van der Waals surface area contributed by atoms with Gasteiger partial charge < -0.3 is 10.1 Å². The third-order valence-corrected chi connectivity index (χ3v) is 4.79. The molecule has 5 nitrogen and oxygen atoms in total. The van der Waals surface area contributed by atoms with Crippen molar-refractivity contribution < 1.29 is 13.9 Å². The van der Waals surface area contributed by atoms with Crippen LogP contribution in [0.1, 0.15) is 12.0 Å². The third kappa shape index (κ3) is 4.30. The van der Waals surface area contributed by atoms with Gasteiger partial charge in [0.2, 0.25) is 0 Å². The molecule has 1 aliphatic rings. The monoisotopic (exact) mass is 359 g/mol. The van der Waals surface area contributed by atoms with Crippen molar-refractivity contribution in [1.29, 1.82) is 0 Å². The van der Waals surface area contributed by atoms with E-state index in [4.69, 9.17) is 4.74 Å². The molecule has 25 heavy (non-hydrogen) atoms. The van der Waals surface area contributed by atoms with Crippen molar-refractivity contribution in [2.24, 2.45) is 5.10 Å². The lowest BCUT2D eigenvalue weighted by Crippen LogP contribution is -2.27. The highest BCUT2D eigenvalue weighted by atomic mass is 32.2. The van der Waals surface area contributed by atoms with E-state index < -0.39 is 0 Å². The zero-order valence-electron chi connectivity index (χ0n) is 13.7. The molecule has 1 heterocycles. The lowest BCUT2D eigenvalue weighted by molar-refractivity contribution is -0.119. The summed E-state index contributed by atoms with van der Waals surface area (Å²) in [6, 6.07) is 12.0. The minimum Gasteiger partial charge on any atom is -0.495 e. The van der Waals surface area contributed by atoms with Crippen molar-refractivity contribution in [1.82, 2.24) is 5.43 Å². The van der Waals surface area contributed by atoms with Crippen LogP contribution in [0.4, 0.5) is 10.1 Å². The fraction of sp³-hybridized carbons (Fsp3) is 0.222. The molecule has 0 atom stereocenters. The second-order valence-electron chi connectivity index (χ2n) is 5.39. The lowest BCUT2D eigenvalue weighted by Gasteiger charge is -2.17. The number of nitrogens with one attached hydrogen (secondary N) is 2. The first-order valence-corrected chi connectivity index (χ1v) is 8.81. The Bertz CT molecular complexity index is 811. The summed E-state index contributed by atoms with van der Waals surface area (Å²) < 4.78 is 18.7. The average molecular weight is 359 g/mol. The molecular weight excluding hydrogens is 341 g/mol. The third-order valence-electron chi connectivity index (χ3n) is 3.71. The SMILES string of the molecule is COc1ccccc1NCC(=O)N/N=C1/CCSc2ccc(F)cc21. The van der Waals surface area contributed by atoms with Gasteiger partial charge in [0.05, 0.1) is 25.1 Å². The normalized spacial score (nSPS) is 14.7. The molecule has 0 saturated heterocycles. The standard InChI is InChI=1S/C18H18FN3O2S/c1-24-16-5-3-2-4-15(16)20-11-18(23)22-21-14-8-9-25-17-7-6-12(19)10-13(14)17/h2-7,10,20H,8-9,11H2,1H3,(H,22,23)/b21-14-. The van der Waals surface area contributed by atoms with E-state index in [-0.39, 0.29) is 18.3 Å². The van der Waals surface area contributed by atoms with Gasteiger partial charge in [0.15, 0.2) is 0 Å². The van der Waals surface area contributed by atoms with Crippen molar-refractivity contribution in [3.63, 3.8) is 0 Å². The van der Waals surface area contributed by atoms with Crippen LogP contribution in [0, 0.1) is 5.82 Å². The van der Waals surface area contributed by atoms with Gasteiger partial charge in [-0.25, -0.2) is 9.82 Å². The number of hydrazone groups is 1. The van der Waals surface area contributed by atoms with E-state index in [1.54, 1.807) is 24.9 Å². The van der Waals surface area contributed by atoms with E-state index >= 15 is 0 Å². The summed E-state index contributed by atoms with van der Waals surface area (Å²) in [5, 5.41) is 7.20. The number of nitrogens with zero attached hydrogens (tertiary/aromatic N) is 1. The van der Waals surface area contributed by atoms with Crippen LogP contribution in [0.25, 0.3) is 0 Å². The van der Waals surface area contributed by atoms with E-state index in [1.807, 2.05) is 24.3 Å². The molecule has 2 aromatic rings. The number of rotatable bonds is 5. The Balaban J connectivity index is 1.63. The lowest BCUT2D eigenvalue weighted by atomic mass is 10.1. The molecule has 0 aliphatic carbocycles. The number of para-hydroxylation sites is 2. The largest absolute Gasteiger partial charge is 0.495 e. The molecule has 0 bridgehead atoms. The number of thioether (sulfide) groups is 1. The second-order valence-corrected chi connectivity index (χ2v) is 6.52. The molecule has 2 aromatic carbocycles. The fourth-order valence-corrected chi connectivity index (χ4v) is 3.51. The number of benzene rings is 2. The Morgan fingerprint density at radius 1 is 1.32 bits per heavy atom. The van der Waals surface area contributed by atoms with Gasteiger partial charge in [-0.1, -0.05) is 12.1 Å². The predicted octanol–water partition coefficient (Wildman–Crippen LogP) is 3.26. The number of carbonyl (C=O) groups excluding carboxylic acids is 1. The number of fused-ring (bicyclic) bond motifs is 1. The zero-order valence-corrected chi connectivity index (χ0v) is 14.5. The predicted molar refractivity (Wildman–Crippen MR) is 97.9 cm³/mol. The topological polar surface area (TPSA) is 62.7 Å². The van der Waals surface area contributed by atoms with Crippen molar-refractivity contribution in [2.75, 3.05) is 24.7 Å². The highest BCUT2D eigenvalue weighted by Gasteiger charge is 2.17. The van der Waals surface area contributed by atoms with Crippen LogP contribution >= 0.6 is 11.8 Å². The maximum absolute atomic E-state index is 13.5. The summed E-state index contributed by atoms with van der Waals surface area (Å²) in [6.07, 6.45) is 0.682. The number of halogens is 1. The van der Waals surface area contributed by atoms with E-state index in [1.165, 1.54) is 12.1 Å². The van der Waals surface area contributed by atoms with Crippen molar-refractivity contribution in [2.45, 2.75) is 11.3 Å². The molecule has 2 N–H and O–H groups in total. The minimum absolute atomic E-state index is 0.0575. The number of hydrogen-bond acceptors (Lipinski definition) is 5. The van der Waals surface area contributed by atoms with Crippen LogP contribution in [0.5, 0.6) is 5.75 Å². The van der Waals surface area contributed by atoms with E-state index in [0.29, 0.717) is 17.9 Å². The first kappa shape index (κ1) is 17.3. The summed E-state index contributed by atoms with van der Waals surface area (Å²) in [4.78, 5) is 13.0. The number of hydrogen-bond donors (Lipinski definition) is 2. The quantitative estimate of drug-likeness (QED) is 0.805. The second kappa shape index (κ2) is 8.02. The first-order chi connectivity index (χ1) is 12.2. The molecule has 0 radical (unpaired) electrons. The Kier molecular flexibility index (Phi) is 5.55. The zero-order chi connectivity index (χ0) is 17.6. The maximum Gasteiger partial charge on any atom is 0.259 e. The Morgan fingerprint density at radius 2 is 2.16 bits per heavy atom. The van der Waals surface area contributed by atoms with Crippen LogP contribution in [0.15, 0.2) is 52.5 Å². The molecule has 1 amide bonds. The fourth-order valence-electron chi connectivity index (χ4n) is 2.50. The number of anilines is 1. The van der Waals surface area contributed by atoms with Crippen molar-refractivity contribution >= 4 is 29.1 Å². The molecule has 0 unspecified atom stereocenters. The van der Waals surface area contributed by atoms with Crippen molar-refractivity contribution in [3.8, 4) is 5.75 Å². The van der Waals surface area contributed by atoms with Crippen LogP contribution < -0.4 is 15.5 Å². The molecule has 0 spiro atoms. The first-order valence-electron chi connectivity index (χ1n) is 7.82. The number of carbonyl (C=O) groups is 1. The van der Waals surface area contributed by atoms with Crippen LogP contribution in [-0.4, -0.2) is 31.0 Å². The molecular formula is C18H18FN3O2S. The van der Waals surface area contributed by atoms with Gasteiger partial charge in [0.25, 0.3) is 5.91 Å². The van der Waals surface area contributed by atoms with Gasteiger partial charge in [0, 0.05) is 22.6 Å². The summed E-state index contributed by atoms with van der Waals surface area (Å²) in [7, 11) is 1.57. The van der Waals surface area contributed by atoms with Crippen LogP contribution in [-0.2, 0) is 4.79 Å². The molecule has 130 valence electrons. The number of amides is 1. The summed E-state index contributed by atoms with van der Waals surface area (Å²) >= 11 is 1.66. The molecule has 1 aliphatic heterocycles. The van der Waals surface area contributed by atoms with Gasteiger partial charge in [0.1, 0.15) is 11.6 Å². The van der Waals surface area contributed by atoms with Gasteiger partial charge >= 0.3 is 0 Å². The highest BCUT2D eigenvalue weighted by molar-refractivity contribution is 7.99. The molecule has 3 rings (SSSR count). The number of methoxy groups -OCH3 is 1. The summed E-state index contributed by atoms with van der Waals surface area (Å²) in [5.74, 6) is 0.926. The average Bonchev–Trinajstić information content (AvgIpc) is 2.64. The van der Waals surface area contributed by atoms with Gasteiger partial charge in [-0.3, -0.25) is 4.79 Å². The molecule has 0 saturated carbocycles. The van der Waals surface area contributed by atoms with Crippen LogP contribution in [0.2, 0.25) is 0 Å². The number of ether oxygens (including phenoxy) is 1. The summed E-state index contributed by atoms with van der Waals surface area (Å²) in [5.41, 5.74) is 4.70. The Morgan fingerprint density at radius 3 is 3.00 bits per heavy atom. The van der Waals surface area contributed by atoms with Crippen LogP contribution in [0.3, 0.4) is 0 Å². The van der Waals surface area contributed by atoms with Gasteiger partial charge in [-0.05, 0) is 30.3 Å². The smallest absolute Gasteiger partial charge is 0.259 e. The maximum atomic E-state index is 13.5.